The highest BCUT2D eigenvalue weighted by Gasteiger charge is 2.46. The normalized spacial score (nSPS) is 23.9. The van der Waals surface area contributed by atoms with E-state index in [2.05, 4.69) is 15.0 Å². The van der Waals surface area contributed by atoms with Gasteiger partial charge < -0.3 is 29.8 Å². The number of imidazole rings is 1. The Hall–Kier alpha value is -2.61. The molecule has 176 valence electrons. The van der Waals surface area contributed by atoms with Crippen molar-refractivity contribution in [2.45, 2.75) is 51.0 Å². The number of fused-ring (bicyclic) bond motifs is 1. The van der Waals surface area contributed by atoms with E-state index in [1.54, 1.807) is 13.8 Å². The maximum absolute atomic E-state index is 14.9. The third kappa shape index (κ3) is 5.06. The van der Waals surface area contributed by atoms with Gasteiger partial charge in [0.1, 0.15) is 17.7 Å². The zero-order chi connectivity index (χ0) is 23.4. The van der Waals surface area contributed by atoms with E-state index in [1.165, 1.54) is 10.9 Å². The number of carbonyl (C=O) groups is 2. The zero-order valence-corrected chi connectivity index (χ0v) is 18.1. The first-order valence-corrected chi connectivity index (χ1v) is 10.2. The van der Waals surface area contributed by atoms with E-state index in [0.717, 1.165) is 0 Å². The highest BCUT2D eigenvalue weighted by Crippen LogP contribution is 2.34. The predicted molar refractivity (Wildman–Crippen MR) is 107 cm³/mol. The second kappa shape index (κ2) is 10.3. The quantitative estimate of drug-likeness (QED) is 0.385. The Morgan fingerprint density at radius 1 is 1.34 bits per heavy atom. The highest BCUT2D eigenvalue weighted by atomic mass is 35.5. The van der Waals surface area contributed by atoms with Gasteiger partial charge in [-0.2, -0.15) is 9.97 Å². The van der Waals surface area contributed by atoms with Crippen molar-refractivity contribution >= 4 is 40.5 Å². The van der Waals surface area contributed by atoms with Crippen molar-refractivity contribution in [1.82, 2.24) is 19.5 Å². The number of alkyl halides is 1. The molecule has 12 nitrogen and oxygen atoms in total. The van der Waals surface area contributed by atoms with Crippen molar-refractivity contribution in [3.63, 3.8) is 0 Å². The van der Waals surface area contributed by atoms with Gasteiger partial charge >= 0.3 is 11.9 Å². The molecule has 3 heterocycles. The summed E-state index contributed by atoms with van der Waals surface area (Å²) in [5.74, 6) is -1.45. The molecule has 0 saturated carbocycles. The van der Waals surface area contributed by atoms with Crippen molar-refractivity contribution in [2.24, 2.45) is 0 Å². The molecule has 0 spiro atoms. The fraction of sp³-hybridized carbons (Fsp3) is 0.611. The van der Waals surface area contributed by atoms with Gasteiger partial charge in [0.15, 0.2) is 30.0 Å². The lowest BCUT2D eigenvalue weighted by Crippen LogP contribution is -2.36. The molecule has 0 bridgehead atoms. The summed E-state index contributed by atoms with van der Waals surface area (Å²) in [5.41, 5.74) is 6.07. The largest absolute Gasteiger partial charge is 0.466 e. The van der Waals surface area contributed by atoms with Crippen LogP contribution in [0.1, 0.15) is 26.5 Å². The molecule has 1 aliphatic heterocycles. The molecule has 3 N–H and O–H groups in total. The van der Waals surface area contributed by atoms with Crippen molar-refractivity contribution in [1.29, 1.82) is 0 Å². The standard InChI is InChI=1S/C18H23ClFN5O7/c1-3-29-10(26)5-8(17(28)30-4-2)31-6-9-13(27)11(20)16(32-9)25-7-22-12-14(21)23-18(19)24-15(12)25/h7-9,11,13,16,27H,3-6H2,1-2H3,(H2,21,23,24)/t8?,9-,11+,13-,16-/m1/s1. The maximum atomic E-state index is 14.9. The molecular weight excluding hydrogens is 453 g/mol. The number of anilines is 1. The van der Waals surface area contributed by atoms with Gasteiger partial charge in [-0.05, 0) is 25.4 Å². The Kier molecular flexibility index (Phi) is 7.77. The number of nitrogens with zero attached hydrogens (tertiary/aromatic N) is 4. The Morgan fingerprint density at radius 2 is 2.06 bits per heavy atom. The van der Waals surface area contributed by atoms with E-state index in [9.17, 15) is 19.1 Å². The molecule has 5 atom stereocenters. The number of carbonyl (C=O) groups excluding carboxylic acids is 2. The van der Waals surface area contributed by atoms with Gasteiger partial charge in [0.05, 0.1) is 32.6 Å². The summed E-state index contributed by atoms with van der Waals surface area (Å²) in [6, 6.07) is 0. The topological polar surface area (TPSA) is 161 Å². The molecule has 1 unspecified atom stereocenters. The van der Waals surface area contributed by atoms with Crippen molar-refractivity contribution in [2.75, 3.05) is 25.6 Å². The van der Waals surface area contributed by atoms with E-state index < -0.39 is 55.7 Å². The van der Waals surface area contributed by atoms with Gasteiger partial charge in [-0.1, -0.05) is 0 Å². The van der Waals surface area contributed by atoms with Crippen molar-refractivity contribution < 1.29 is 38.0 Å². The van der Waals surface area contributed by atoms with Gasteiger partial charge in [-0.3, -0.25) is 9.36 Å². The van der Waals surface area contributed by atoms with Crippen LogP contribution in [0.25, 0.3) is 11.2 Å². The first kappa shape index (κ1) is 24.0. The smallest absolute Gasteiger partial charge is 0.335 e. The number of aromatic nitrogens is 4. The van der Waals surface area contributed by atoms with Crippen molar-refractivity contribution in [3.05, 3.63) is 11.6 Å². The van der Waals surface area contributed by atoms with Crippen LogP contribution >= 0.6 is 11.6 Å². The SMILES string of the molecule is CCOC(=O)CC(OC[C@H]1O[C@@H](n2cnc3c(N)nc(Cl)nc32)[C@@H](F)[C@@H]1O)C(=O)OCC. The molecule has 2 aromatic heterocycles. The van der Waals surface area contributed by atoms with Gasteiger partial charge in [-0.25, -0.2) is 14.2 Å². The van der Waals surface area contributed by atoms with E-state index in [4.69, 9.17) is 36.3 Å². The van der Waals surface area contributed by atoms with Gasteiger partial charge in [0, 0.05) is 0 Å². The minimum Gasteiger partial charge on any atom is -0.466 e. The Labute approximate surface area is 186 Å². The molecule has 14 heteroatoms. The highest BCUT2D eigenvalue weighted by molar-refractivity contribution is 6.28. The lowest BCUT2D eigenvalue weighted by atomic mass is 10.1. The van der Waals surface area contributed by atoms with Crippen LogP contribution < -0.4 is 5.73 Å². The summed E-state index contributed by atoms with van der Waals surface area (Å²) in [7, 11) is 0. The lowest BCUT2D eigenvalue weighted by molar-refractivity contribution is -0.167. The Morgan fingerprint density at radius 3 is 2.75 bits per heavy atom. The third-order valence-corrected chi connectivity index (χ3v) is 4.83. The monoisotopic (exact) mass is 475 g/mol. The van der Waals surface area contributed by atoms with Crippen LogP contribution in [0.5, 0.6) is 0 Å². The number of halogens is 2. The third-order valence-electron chi connectivity index (χ3n) is 4.66. The van der Waals surface area contributed by atoms with Gasteiger partial charge in [0.2, 0.25) is 5.28 Å². The molecule has 1 saturated heterocycles. The van der Waals surface area contributed by atoms with Crippen LogP contribution in [-0.4, -0.2) is 80.9 Å². The molecule has 0 amide bonds. The Bertz CT molecular complexity index is 977. The summed E-state index contributed by atoms with van der Waals surface area (Å²) < 4.78 is 36.9. The number of nitrogen functional groups attached to an aromatic ring is 1. The average Bonchev–Trinajstić information content (AvgIpc) is 3.27. The molecule has 3 rings (SSSR count). The summed E-state index contributed by atoms with van der Waals surface area (Å²) in [6.07, 6.45) is -6.44. The number of esters is 2. The van der Waals surface area contributed by atoms with E-state index in [1.807, 2.05) is 0 Å². The van der Waals surface area contributed by atoms with Crippen LogP contribution in [0.3, 0.4) is 0 Å². The molecule has 0 radical (unpaired) electrons. The number of aliphatic hydroxyl groups excluding tert-OH is 1. The predicted octanol–water partition coefficient (Wildman–Crippen LogP) is 0.560. The summed E-state index contributed by atoms with van der Waals surface area (Å²) >= 11 is 5.83. The molecule has 2 aromatic rings. The summed E-state index contributed by atoms with van der Waals surface area (Å²) in [5, 5.41) is 10.2. The average molecular weight is 476 g/mol. The number of aliphatic hydroxyl groups is 1. The van der Waals surface area contributed by atoms with Gasteiger partial charge in [0.25, 0.3) is 0 Å². The van der Waals surface area contributed by atoms with E-state index in [-0.39, 0.29) is 35.5 Å². The Balaban J connectivity index is 1.73. The fourth-order valence-corrected chi connectivity index (χ4v) is 3.36. The molecular formula is C18H23ClFN5O7. The van der Waals surface area contributed by atoms with Crippen LogP contribution in [0.4, 0.5) is 10.2 Å². The van der Waals surface area contributed by atoms with Crippen LogP contribution in [-0.2, 0) is 28.5 Å². The van der Waals surface area contributed by atoms with Crippen LogP contribution in [0.2, 0.25) is 5.28 Å². The number of hydrogen-bond acceptors (Lipinski definition) is 11. The summed E-state index contributed by atoms with van der Waals surface area (Å²) in [6.45, 7) is 3.01. The second-order valence-electron chi connectivity index (χ2n) is 6.79. The number of nitrogens with two attached hydrogens (primary N) is 1. The lowest BCUT2D eigenvalue weighted by Gasteiger charge is -2.20. The molecule has 1 aliphatic rings. The summed E-state index contributed by atoms with van der Waals surface area (Å²) in [4.78, 5) is 35.7. The second-order valence-corrected chi connectivity index (χ2v) is 7.12. The van der Waals surface area contributed by atoms with E-state index >= 15 is 0 Å². The van der Waals surface area contributed by atoms with Crippen LogP contribution in [0.15, 0.2) is 6.33 Å². The minimum absolute atomic E-state index is 0.00355. The maximum Gasteiger partial charge on any atom is 0.335 e. The molecule has 1 fully saturated rings. The zero-order valence-electron chi connectivity index (χ0n) is 17.3. The van der Waals surface area contributed by atoms with Gasteiger partial charge in [-0.15, -0.1) is 0 Å². The molecule has 0 aromatic carbocycles. The number of rotatable bonds is 9. The van der Waals surface area contributed by atoms with Crippen LogP contribution in [0, 0.1) is 0 Å². The molecule has 32 heavy (non-hydrogen) atoms. The number of ether oxygens (including phenoxy) is 4. The fourth-order valence-electron chi connectivity index (χ4n) is 3.19. The number of hydrogen-bond donors (Lipinski definition) is 2. The first-order valence-electron chi connectivity index (χ1n) is 9.83. The first-order chi connectivity index (χ1) is 15.3. The van der Waals surface area contributed by atoms with Crippen molar-refractivity contribution in [3.8, 4) is 0 Å². The van der Waals surface area contributed by atoms with E-state index in [0.29, 0.717) is 0 Å². The minimum atomic E-state index is -1.89. The molecule has 0 aliphatic carbocycles.